The smallest absolute Gasteiger partial charge is 0.182 e. The Bertz CT molecular complexity index is 1020. The zero-order valence-electron chi connectivity index (χ0n) is 11.6. The Hall–Kier alpha value is -2.39. The van der Waals surface area contributed by atoms with E-state index in [1.165, 1.54) is 16.3 Å². The van der Waals surface area contributed by atoms with Crippen LogP contribution in [0.25, 0.3) is 27.5 Å². The predicted molar refractivity (Wildman–Crippen MR) is 90.7 cm³/mol. The van der Waals surface area contributed by atoms with Gasteiger partial charge in [0.15, 0.2) is 4.77 Å². The molecule has 0 aliphatic rings. The molecule has 0 amide bonds. The number of nitrogens with zero attached hydrogens (tertiary/aromatic N) is 1. The fourth-order valence-corrected chi connectivity index (χ4v) is 3.15. The molecule has 3 heteroatoms. The van der Waals surface area contributed by atoms with Crippen molar-refractivity contribution in [3.63, 3.8) is 0 Å². The number of aryl methyl sites for hydroxylation is 1. The predicted octanol–water partition coefficient (Wildman–Crippen LogP) is 5.15. The second-order valence-corrected chi connectivity index (χ2v) is 5.65. The van der Waals surface area contributed by atoms with E-state index in [2.05, 4.69) is 77.1 Å². The SMILES string of the molecule is Cc1cccc2c1[nH]c(=S)n2-c1ccc2ccccc2c1. The van der Waals surface area contributed by atoms with E-state index >= 15 is 0 Å². The fourth-order valence-electron chi connectivity index (χ4n) is 2.85. The van der Waals surface area contributed by atoms with Gasteiger partial charge >= 0.3 is 0 Å². The minimum absolute atomic E-state index is 0.731. The minimum Gasteiger partial charge on any atom is -0.330 e. The molecule has 1 aromatic heterocycles. The largest absolute Gasteiger partial charge is 0.330 e. The molecule has 2 nitrogen and oxygen atoms in total. The zero-order chi connectivity index (χ0) is 14.4. The summed E-state index contributed by atoms with van der Waals surface area (Å²) in [5, 5.41) is 2.46. The van der Waals surface area contributed by atoms with Crippen molar-refractivity contribution in [2.75, 3.05) is 0 Å². The van der Waals surface area contributed by atoms with E-state index in [9.17, 15) is 0 Å². The standard InChI is InChI=1S/C18H14N2S/c1-12-5-4-8-16-17(12)19-18(21)20(16)15-10-9-13-6-2-3-7-14(13)11-15/h2-11H,1H3,(H,19,21). The first-order valence-electron chi connectivity index (χ1n) is 6.93. The van der Waals surface area contributed by atoms with Crippen molar-refractivity contribution >= 4 is 34.0 Å². The van der Waals surface area contributed by atoms with Crippen LogP contribution in [-0.4, -0.2) is 9.55 Å². The molecule has 0 aliphatic heterocycles. The minimum atomic E-state index is 0.731. The Labute approximate surface area is 127 Å². The van der Waals surface area contributed by atoms with E-state index in [-0.39, 0.29) is 0 Å². The molecular formula is C18H14N2S. The first-order chi connectivity index (χ1) is 10.2. The fraction of sp³-hybridized carbons (Fsp3) is 0.0556. The number of para-hydroxylation sites is 1. The highest BCUT2D eigenvalue weighted by Crippen LogP contribution is 2.24. The lowest BCUT2D eigenvalue weighted by Crippen LogP contribution is -1.93. The lowest BCUT2D eigenvalue weighted by Gasteiger charge is -2.07. The van der Waals surface area contributed by atoms with Crippen molar-refractivity contribution in [2.45, 2.75) is 6.92 Å². The monoisotopic (exact) mass is 290 g/mol. The van der Waals surface area contributed by atoms with Gasteiger partial charge in [-0.3, -0.25) is 4.57 Å². The topological polar surface area (TPSA) is 20.7 Å². The molecule has 21 heavy (non-hydrogen) atoms. The summed E-state index contributed by atoms with van der Waals surface area (Å²) in [5.74, 6) is 0. The molecule has 1 N–H and O–H groups in total. The van der Waals surface area contributed by atoms with Crippen LogP contribution in [0.4, 0.5) is 0 Å². The maximum Gasteiger partial charge on any atom is 0.182 e. The van der Waals surface area contributed by atoms with Crippen LogP contribution in [0, 0.1) is 11.7 Å². The van der Waals surface area contributed by atoms with Gasteiger partial charge < -0.3 is 4.98 Å². The van der Waals surface area contributed by atoms with E-state index in [1.807, 2.05) is 0 Å². The van der Waals surface area contributed by atoms with Crippen molar-refractivity contribution in [3.8, 4) is 5.69 Å². The van der Waals surface area contributed by atoms with Crippen LogP contribution in [0.1, 0.15) is 5.56 Å². The third-order valence-electron chi connectivity index (χ3n) is 3.92. The van der Waals surface area contributed by atoms with Gasteiger partial charge in [0.05, 0.1) is 11.0 Å². The third-order valence-corrected chi connectivity index (χ3v) is 4.20. The lowest BCUT2D eigenvalue weighted by atomic mass is 10.1. The number of aromatic nitrogens is 2. The van der Waals surface area contributed by atoms with E-state index in [4.69, 9.17) is 12.2 Å². The summed E-state index contributed by atoms with van der Waals surface area (Å²) < 4.78 is 2.83. The van der Waals surface area contributed by atoms with E-state index in [0.717, 1.165) is 21.5 Å². The molecule has 1 heterocycles. The van der Waals surface area contributed by atoms with Gasteiger partial charge in [0.2, 0.25) is 0 Å². The number of rotatable bonds is 1. The lowest BCUT2D eigenvalue weighted by molar-refractivity contribution is 1.07. The summed E-state index contributed by atoms with van der Waals surface area (Å²) in [6.45, 7) is 2.10. The zero-order valence-corrected chi connectivity index (χ0v) is 12.4. The second kappa shape index (κ2) is 4.57. The van der Waals surface area contributed by atoms with Gasteiger partial charge in [0.25, 0.3) is 0 Å². The molecule has 102 valence electrons. The summed E-state index contributed by atoms with van der Waals surface area (Å²) in [4.78, 5) is 3.32. The molecule has 0 unspecified atom stereocenters. The average Bonchev–Trinajstić information content (AvgIpc) is 2.84. The van der Waals surface area contributed by atoms with E-state index in [0.29, 0.717) is 0 Å². The second-order valence-electron chi connectivity index (χ2n) is 5.27. The highest BCUT2D eigenvalue weighted by molar-refractivity contribution is 7.71. The van der Waals surface area contributed by atoms with Crippen molar-refractivity contribution < 1.29 is 0 Å². The van der Waals surface area contributed by atoms with Gasteiger partial charge in [-0.15, -0.1) is 0 Å². The Morgan fingerprint density at radius 2 is 1.71 bits per heavy atom. The molecule has 0 saturated heterocycles. The molecule has 0 fully saturated rings. The number of benzene rings is 3. The maximum absolute atomic E-state index is 5.52. The van der Waals surface area contributed by atoms with Crippen LogP contribution >= 0.6 is 12.2 Å². The van der Waals surface area contributed by atoms with Gasteiger partial charge in [-0.05, 0) is 53.7 Å². The molecule has 4 aromatic rings. The number of hydrogen-bond donors (Lipinski definition) is 1. The van der Waals surface area contributed by atoms with Crippen LogP contribution in [-0.2, 0) is 0 Å². The van der Waals surface area contributed by atoms with Crippen molar-refractivity contribution in [3.05, 3.63) is 71.0 Å². The Balaban J connectivity index is 2.06. The van der Waals surface area contributed by atoms with E-state index in [1.54, 1.807) is 0 Å². The van der Waals surface area contributed by atoms with Crippen LogP contribution in [0.15, 0.2) is 60.7 Å². The summed E-state index contributed by atoms with van der Waals surface area (Å²) in [6.07, 6.45) is 0. The molecule has 0 atom stereocenters. The van der Waals surface area contributed by atoms with Crippen LogP contribution in [0.5, 0.6) is 0 Å². The molecule has 0 saturated carbocycles. The molecule has 0 spiro atoms. The summed E-state index contributed by atoms with van der Waals surface area (Å²) in [5.41, 5.74) is 4.53. The van der Waals surface area contributed by atoms with Gasteiger partial charge in [-0.25, -0.2) is 0 Å². The van der Waals surface area contributed by atoms with Crippen LogP contribution in [0.2, 0.25) is 0 Å². The van der Waals surface area contributed by atoms with E-state index < -0.39 is 0 Å². The molecule has 0 aliphatic carbocycles. The average molecular weight is 290 g/mol. The quantitative estimate of drug-likeness (QED) is 0.481. The van der Waals surface area contributed by atoms with Crippen molar-refractivity contribution in [2.24, 2.45) is 0 Å². The van der Waals surface area contributed by atoms with Crippen molar-refractivity contribution in [1.29, 1.82) is 0 Å². The Morgan fingerprint density at radius 3 is 2.57 bits per heavy atom. The Morgan fingerprint density at radius 1 is 0.905 bits per heavy atom. The first-order valence-corrected chi connectivity index (χ1v) is 7.34. The first kappa shape index (κ1) is 12.4. The normalized spacial score (nSPS) is 11.3. The maximum atomic E-state index is 5.52. The highest BCUT2D eigenvalue weighted by Gasteiger charge is 2.08. The molecule has 3 aromatic carbocycles. The van der Waals surface area contributed by atoms with Crippen LogP contribution < -0.4 is 0 Å². The van der Waals surface area contributed by atoms with Crippen LogP contribution in [0.3, 0.4) is 0 Å². The summed E-state index contributed by atoms with van der Waals surface area (Å²) in [7, 11) is 0. The van der Waals surface area contributed by atoms with Gasteiger partial charge in [-0.2, -0.15) is 0 Å². The molecule has 0 radical (unpaired) electrons. The van der Waals surface area contributed by atoms with Crippen molar-refractivity contribution in [1.82, 2.24) is 9.55 Å². The molecule has 0 bridgehead atoms. The third kappa shape index (κ3) is 1.89. The van der Waals surface area contributed by atoms with Gasteiger partial charge in [0, 0.05) is 5.69 Å². The molecular weight excluding hydrogens is 276 g/mol. The number of H-pyrrole nitrogens is 1. The Kier molecular flexibility index (Phi) is 2.69. The molecule has 4 rings (SSSR count). The number of fused-ring (bicyclic) bond motifs is 2. The van der Waals surface area contributed by atoms with Gasteiger partial charge in [-0.1, -0.05) is 42.5 Å². The number of hydrogen-bond acceptors (Lipinski definition) is 1. The number of aromatic amines is 1. The summed E-state index contributed by atoms with van der Waals surface area (Å²) in [6, 6.07) is 21.1. The highest BCUT2D eigenvalue weighted by atomic mass is 32.1. The number of imidazole rings is 1. The van der Waals surface area contributed by atoms with Gasteiger partial charge in [0.1, 0.15) is 0 Å². The number of nitrogens with one attached hydrogen (secondary N) is 1. The summed E-state index contributed by atoms with van der Waals surface area (Å²) >= 11 is 5.52.